The minimum atomic E-state index is -4.84. The van der Waals surface area contributed by atoms with E-state index in [-0.39, 0.29) is 16.0 Å². The van der Waals surface area contributed by atoms with E-state index in [1.807, 2.05) is 0 Å². The lowest BCUT2D eigenvalue weighted by Gasteiger charge is -2.13. The molecule has 0 atom stereocenters. The second-order valence-corrected chi connectivity index (χ2v) is 8.73. The predicted octanol–water partition coefficient (Wildman–Crippen LogP) is 5.78. The van der Waals surface area contributed by atoms with Gasteiger partial charge in [0.05, 0.1) is 10.6 Å². The SMILES string of the molecule is Cc1ccc(S(=O)(=O)n2nc(-c3ccccc3)c(C(F)(F)F)c2-c2ccccc2)cc1. The molecule has 4 aromatic rings. The Kier molecular flexibility index (Phi) is 5.18. The van der Waals surface area contributed by atoms with Gasteiger partial charge in [0.1, 0.15) is 11.3 Å². The van der Waals surface area contributed by atoms with Gasteiger partial charge in [0.25, 0.3) is 10.0 Å². The maximum absolute atomic E-state index is 14.3. The topological polar surface area (TPSA) is 52.0 Å². The van der Waals surface area contributed by atoms with Crippen LogP contribution in [0.2, 0.25) is 0 Å². The molecular formula is C23H17F3N2O2S. The van der Waals surface area contributed by atoms with Gasteiger partial charge >= 0.3 is 6.18 Å². The molecule has 8 heteroatoms. The van der Waals surface area contributed by atoms with Crippen LogP contribution < -0.4 is 0 Å². The van der Waals surface area contributed by atoms with Crippen LogP contribution in [0.5, 0.6) is 0 Å². The molecule has 0 N–H and O–H groups in total. The quantitative estimate of drug-likeness (QED) is 0.403. The number of benzene rings is 3. The van der Waals surface area contributed by atoms with Gasteiger partial charge in [0, 0.05) is 11.1 Å². The number of rotatable bonds is 4. The number of alkyl halides is 3. The highest BCUT2D eigenvalue weighted by Crippen LogP contribution is 2.44. The monoisotopic (exact) mass is 442 g/mol. The van der Waals surface area contributed by atoms with Gasteiger partial charge in [-0.05, 0) is 19.1 Å². The highest BCUT2D eigenvalue weighted by molar-refractivity contribution is 7.90. The zero-order valence-corrected chi connectivity index (χ0v) is 17.2. The maximum Gasteiger partial charge on any atom is 0.420 e. The number of halogens is 3. The summed E-state index contributed by atoms with van der Waals surface area (Å²) >= 11 is 0. The number of hydrogen-bond donors (Lipinski definition) is 0. The predicted molar refractivity (Wildman–Crippen MR) is 112 cm³/mol. The third-order valence-electron chi connectivity index (χ3n) is 4.78. The van der Waals surface area contributed by atoms with Gasteiger partial charge in [-0.2, -0.15) is 30.8 Å². The van der Waals surface area contributed by atoms with Crippen molar-refractivity contribution in [1.82, 2.24) is 9.19 Å². The summed E-state index contributed by atoms with van der Waals surface area (Å²) in [4.78, 5) is -0.147. The standard InChI is InChI=1S/C23H17F3N2O2S/c1-16-12-14-19(15-13-16)31(29,30)28-22(18-10-6-3-7-11-18)20(23(24,25)26)21(27-28)17-8-4-2-5-9-17/h2-15H,1H3. The Bertz CT molecular complexity index is 1310. The minimum absolute atomic E-state index is 0.0974. The molecule has 31 heavy (non-hydrogen) atoms. The average molecular weight is 442 g/mol. The molecular weight excluding hydrogens is 425 g/mol. The summed E-state index contributed by atoms with van der Waals surface area (Å²) in [7, 11) is -4.40. The lowest BCUT2D eigenvalue weighted by atomic mass is 10.0. The second kappa shape index (κ2) is 7.70. The molecule has 0 aliphatic heterocycles. The molecule has 0 saturated carbocycles. The third-order valence-corrected chi connectivity index (χ3v) is 6.37. The maximum atomic E-state index is 14.3. The lowest BCUT2D eigenvalue weighted by molar-refractivity contribution is -0.136. The van der Waals surface area contributed by atoms with Crippen LogP contribution in [0.4, 0.5) is 13.2 Å². The smallest absolute Gasteiger partial charge is 0.199 e. The first-order valence-corrected chi connectivity index (χ1v) is 10.8. The van der Waals surface area contributed by atoms with Crippen molar-refractivity contribution in [1.29, 1.82) is 0 Å². The zero-order chi connectivity index (χ0) is 22.2. The van der Waals surface area contributed by atoms with Crippen molar-refractivity contribution in [2.45, 2.75) is 18.0 Å². The summed E-state index contributed by atoms with van der Waals surface area (Å²) in [6.45, 7) is 1.79. The minimum Gasteiger partial charge on any atom is -0.199 e. The van der Waals surface area contributed by atoms with Crippen LogP contribution in [0, 0.1) is 6.92 Å². The average Bonchev–Trinajstić information content (AvgIpc) is 3.18. The molecule has 0 unspecified atom stereocenters. The second-order valence-electron chi connectivity index (χ2n) is 6.96. The highest BCUT2D eigenvalue weighted by atomic mass is 32.2. The molecule has 158 valence electrons. The molecule has 4 nitrogen and oxygen atoms in total. The van der Waals surface area contributed by atoms with E-state index >= 15 is 0 Å². The van der Waals surface area contributed by atoms with E-state index in [0.717, 1.165) is 5.56 Å². The van der Waals surface area contributed by atoms with Gasteiger partial charge in [-0.3, -0.25) is 0 Å². The molecule has 0 fully saturated rings. The van der Waals surface area contributed by atoms with E-state index in [1.54, 1.807) is 55.5 Å². The van der Waals surface area contributed by atoms with E-state index in [4.69, 9.17) is 0 Å². The molecule has 0 aliphatic carbocycles. The fraction of sp³-hybridized carbons (Fsp3) is 0.0870. The number of aromatic nitrogens is 2. The van der Waals surface area contributed by atoms with Crippen molar-refractivity contribution in [2.75, 3.05) is 0 Å². The summed E-state index contributed by atoms with van der Waals surface area (Å²) in [6, 6.07) is 21.2. The van der Waals surface area contributed by atoms with Gasteiger partial charge in [-0.1, -0.05) is 78.4 Å². The third kappa shape index (κ3) is 3.86. The highest BCUT2D eigenvalue weighted by Gasteiger charge is 2.43. The van der Waals surface area contributed by atoms with E-state index in [0.29, 0.717) is 4.09 Å². The Morgan fingerprint density at radius 3 is 1.81 bits per heavy atom. The lowest BCUT2D eigenvalue weighted by Crippen LogP contribution is -2.17. The fourth-order valence-corrected chi connectivity index (χ4v) is 4.61. The summed E-state index contributed by atoms with van der Waals surface area (Å²) in [5.41, 5.74) is -0.968. The zero-order valence-electron chi connectivity index (χ0n) is 16.3. The van der Waals surface area contributed by atoms with Gasteiger partial charge in [-0.15, -0.1) is 0 Å². The van der Waals surface area contributed by atoms with Crippen LogP contribution in [0.15, 0.2) is 89.8 Å². The van der Waals surface area contributed by atoms with Gasteiger partial charge in [0.2, 0.25) is 0 Å². The molecule has 4 rings (SSSR count). The summed E-state index contributed by atoms with van der Waals surface area (Å²) in [5, 5.41) is 4.00. The Morgan fingerprint density at radius 2 is 1.29 bits per heavy atom. The van der Waals surface area contributed by atoms with Gasteiger partial charge in [0.15, 0.2) is 0 Å². The number of aryl methyl sites for hydroxylation is 1. The van der Waals surface area contributed by atoms with Crippen molar-refractivity contribution >= 4 is 10.0 Å². The Balaban J connectivity index is 2.10. The van der Waals surface area contributed by atoms with Crippen molar-refractivity contribution in [2.24, 2.45) is 0 Å². The molecule has 0 aliphatic rings. The fourth-order valence-electron chi connectivity index (χ4n) is 3.30. The van der Waals surface area contributed by atoms with E-state index in [9.17, 15) is 21.6 Å². The first-order chi connectivity index (χ1) is 14.7. The number of hydrogen-bond acceptors (Lipinski definition) is 3. The molecule has 1 heterocycles. The van der Waals surface area contributed by atoms with E-state index < -0.39 is 33.2 Å². The number of nitrogens with zero attached hydrogens (tertiary/aromatic N) is 2. The molecule has 0 bridgehead atoms. The molecule has 0 amide bonds. The van der Waals surface area contributed by atoms with E-state index in [1.165, 1.54) is 36.4 Å². The molecule has 0 saturated heterocycles. The molecule has 1 aromatic heterocycles. The summed E-state index contributed by atoms with van der Waals surface area (Å²) in [6.07, 6.45) is -4.84. The van der Waals surface area contributed by atoms with E-state index in [2.05, 4.69) is 5.10 Å². The summed E-state index contributed by atoms with van der Waals surface area (Å²) in [5.74, 6) is 0. The van der Waals surface area contributed by atoms with Crippen molar-refractivity contribution < 1.29 is 21.6 Å². The summed E-state index contributed by atoms with van der Waals surface area (Å²) < 4.78 is 70.2. The first kappa shape index (κ1) is 20.9. The van der Waals surface area contributed by atoms with Crippen molar-refractivity contribution in [3.63, 3.8) is 0 Å². The van der Waals surface area contributed by atoms with Crippen molar-refractivity contribution in [3.05, 3.63) is 96.1 Å². The first-order valence-electron chi connectivity index (χ1n) is 9.33. The Hall–Kier alpha value is -3.39. The van der Waals surface area contributed by atoms with Crippen LogP contribution in [-0.2, 0) is 16.2 Å². The molecule has 0 spiro atoms. The van der Waals surface area contributed by atoms with Crippen LogP contribution in [0.25, 0.3) is 22.5 Å². The van der Waals surface area contributed by atoms with Crippen LogP contribution >= 0.6 is 0 Å². The normalized spacial score (nSPS) is 12.1. The van der Waals surface area contributed by atoms with Crippen LogP contribution in [0.3, 0.4) is 0 Å². The largest absolute Gasteiger partial charge is 0.420 e. The van der Waals surface area contributed by atoms with Gasteiger partial charge in [-0.25, -0.2) is 0 Å². The molecule has 0 radical (unpaired) electrons. The Labute approximate surface area is 177 Å². The van der Waals surface area contributed by atoms with Crippen molar-refractivity contribution in [3.8, 4) is 22.5 Å². The van der Waals surface area contributed by atoms with Crippen LogP contribution in [0.1, 0.15) is 11.1 Å². The molecule has 3 aromatic carbocycles. The van der Waals surface area contributed by atoms with Gasteiger partial charge < -0.3 is 0 Å². The van der Waals surface area contributed by atoms with Crippen LogP contribution in [-0.4, -0.2) is 17.6 Å². The Morgan fingerprint density at radius 1 is 0.774 bits per heavy atom.